The number of hydrogen-bond acceptors (Lipinski definition) is 4. The quantitative estimate of drug-likeness (QED) is 0.123. The van der Waals surface area contributed by atoms with Crippen LogP contribution in [0.3, 0.4) is 0 Å². The van der Waals surface area contributed by atoms with Gasteiger partial charge in [0.25, 0.3) is 0 Å². The number of nitrogens with zero attached hydrogens (tertiary/aromatic N) is 1. The Morgan fingerprint density at radius 1 is 1.18 bits per heavy atom. The number of Topliss-reactive ketones (excluding diaryl/α,β-unsaturated/α-hetero) is 1. The van der Waals surface area contributed by atoms with Crippen molar-refractivity contribution in [1.29, 1.82) is 0 Å². The van der Waals surface area contributed by atoms with Crippen LogP contribution in [-0.2, 0) is 9.59 Å². The number of unbranched alkanes of at least 4 members (excludes halogenated alkanes) is 5. The molecule has 0 spiro atoms. The Balaban J connectivity index is 2.22. The van der Waals surface area contributed by atoms with Crippen molar-refractivity contribution < 1.29 is 14.5 Å². The molecule has 0 aromatic carbocycles. The minimum atomic E-state index is -0.520. The summed E-state index contributed by atoms with van der Waals surface area (Å²) >= 11 is 3.75. The molecule has 0 N–H and O–H groups in total. The van der Waals surface area contributed by atoms with E-state index < -0.39 is 6.04 Å². The first-order chi connectivity index (χ1) is 13.5. The zero-order valence-corrected chi connectivity index (χ0v) is 18.8. The number of carbonyl (C=O) groups is 1. The molecule has 28 heavy (non-hydrogen) atoms. The average molecular weight is 458 g/mol. The molecule has 1 fully saturated rings. The van der Waals surface area contributed by atoms with Gasteiger partial charge in [-0.15, -0.1) is 0 Å². The first-order valence-electron chi connectivity index (χ1n) is 11.0. The molecule has 4 atom stereocenters. The topological polar surface area (TPSA) is 77.3 Å². The largest absolute Gasteiger partial charge is 0.299 e. The summed E-state index contributed by atoms with van der Waals surface area (Å²) in [5.41, 5.74) is 0. The zero-order valence-electron chi connectivity index (χ0n) is 17.2. The number of hydrogen-bond donors (Lipinski definition) is 0. The SMILES string of the molecule is CCCC(Br)C1C(=O)[CH]CCC1CCCCCCCC(CCC[C]=O)[N+](=O)[O-]. The van der Waals surface area contributed by atoms with E-state index in [4.69, 9.17) is 0 Å². The number of halogens is 1. The Morgan fingerprint density at radius 3 is 2.54 bits per heavy atom. The second-order valence-electron chi connectivity index (χ2n) is 8.10. The summed E-state index contributed by atoms with van der Waals surface area (Å²) in [4.78, 5) is 33.7. The van der Waals surface area contributed by atoms with Crippen LogP contribution < -0.4 is 0 Å². The number of carbonyl (C=O) groups excluding carboxylic acids is 2. The van der Waals surface area contributed by atoms with E-state index in [2.05, 4.69) is 22.9 Å². The molecule has 1 saturated carbocycles. The van der Waals surface area contributed by atoms with Gasteiger partial charge < -0.3 is 0 Å². The normalized spacial score (nSPS) is 22.0. The van der Waals surface area contributed by atoms with E-state index >= 15 is 0 Å². The summed E-state index contributed by atoms with van der Waals surface area (Å²) < 4.78 is 0. The van der Waals surface area contributed by atoms with E-state index in [1.807, 2.05) is 6.42 Å². The Kier molecular flexibility index (Phi) is 13.6. The van der Waals surface area contributed by atoms with E-state index in [1.54, 1.807) is 6.29 Å². The molecule has 5 nitrogen and oxygen atoms in total. The molecular formula is C22H36BrNO4. The Hall–Kier alpha value is -0.780. The van der Waals surface area contributed by atoms with Crippen molar-refractivity contribution in [3.05, 3.63) is 16.5 Å². The maximum Gasteiger partial charge on any atom is 0.213 e. The van der Waals surface area contributed by atoms with Crippen LogP contribution in [0.15, 0.2) is 0 Å². The fourth-order valence-electron chi connectivity index (χ4n) is 4.32. The molecule has 0 heterocycles. The van der Waals surface area contributed by atoms with E-state index in [9.17, 15) is 19.7 Å². The van der Waals surface area contributed by atoms with Gasteiger partial charge in [-0.3, -0.25) is 19.7 Å². The number of nitro groups is 1. The van der Waals surface area contributed by atoms with Gasteiger partial charge in [-0.25, -0.2) is 0 Å². The van der Waals surface area contributed by atoms with Gasteiger partial charge in [0.15, 0.2) is 6.29 Å². The van der Waals surface area contributed by atoms with Gasteiger partial charge in [0.2, 0.25) is 6.04 Å². The molecular weight excluding hydrogens is 422 g/mol. The van der Waals surface area contributed by atoms with E-state index in [0.717, 1.165) is 64.2 Å². The lowest BCUT2D eigenvalue weighted by Crippen LogP contribution is -2.35. The van der Waals surface area contributed by atoms with Crippen LogP contribution in [0.1, 0.15) is 96.8 Å². The molecule has 0 aromatic heterocycles. The molecule has 2 radical (unpaired) electrons. The maximum atomic E-state index is 12.3. The van der Waals surface area contributed by atoms with Crippen LogP contribution in [0.2, 0.25) is 0 Å². The van der Waals surface area contributed by atoms with Crippen LogP contribution in [-0.4, -0.2) is 27.9 Å². The van der Waals surface area contributed by atoms with Gasteiger partial charge in [0, 0.05) is 41.4 Å². The highest BCUT2D eigenvalue weighted by molar-refractivity contribution is 9.09. The van der Waals surface area contributed by atoms with Crippen molar-refractivity contribution in [1.82, 2.24) is 0 Å². The van der Waals surface area contributed by atoms with Crippen LogP contribution in [0, 0.1) is 28.4 Å². The standard InChI is InChI=1S/C22H36BrNO4/c1-2-11-20(23)22-18(13-10-16-21(22)26)12-6-4-3-5-7-14-19(24(27)28)15-8-9-17-25/h16,18-20,22H,2-15H2,1H3. The summed E-state index contributed by atoms with van der Waals surface area (Å²) in [6.07, 6.45) is 16.1. The molecule has 1 aliphatic rings. The Bertz CT molecular complexity index is 471. The van der Waals surface area contributed by atoms with Gasteiger partial charge >= 0.3 is 0 Å². The summed E-state index contributed by atoms with van der Waals surface area (Å²) in [6, 6.07) is -0.520. The van der Waals surface area contributed by atoms with Gasteiger partial charge in [-0.05, 0) is 44.4 Å². The van der Waals surface area contributed by atoms with Gasteiger partial charge in [0.1, 0.15) is 5.78 Å². The lowest BCUT2D eigenvalue weighted by Gasteiger charge is -2.33. The highest BCUT2D eigenvalue weighted by Gasteiger charge is 2.35. The summed E-state index contributed by atoms with van der Waals surface area (Å²) in [5.74, 6) is 0.949. The predicted molar refractivity (Wildman–Crippen MR) is 116 cm³/mol. The molecule has 1 aliphatic carbocycles. The number of alkyl halides is 1. The number of ketones is 1. The van der Waals surface area contributed by atoms with Gasteiger partial charge in [-0.2, -0.15) is 0 Å². The van der Waals surface area contributed by atoms with Gasteiger partial charge in [0.05, 0.1) is 0 Å². The maximum absolute atomic E-state index is 12.3. The third-order valence-corrected chi connectivity index (χ3v) is 6.93. The predicted octanol–water partition coefficient (Wildman–Crippen LogP) is 6.01. The first kappa shape index (κ1) is 25.3. The van der Waals surface area contributed by atoms with Crippen molar-refractivity contribution in [3.8, 4) is 0 Å². The molecule has 1 rings (SSSR count). The van der Waals surface area contributed by atoms with E-state index in [-0.39, 0.29) is 10.8 Å². The van der Waals surface area contributed by atoms with Crippen molar-refractivity contribution >= 4 is 28.0 Å². The van der Waals surface area contributed by atoms with E-state index in [0.29, 0.717) is 42.2 Å². The molecule has 160 valence electrons. The van der Waals surface area contributed by atoms with Crippen molar-refractivity contribution in [2.24, 2.45) is 11.8 Å². The first-order valence-corrected chi connectivity index (χ1v) is 11.9. The monoisotopic (exact) mass is 457 g/mol. The zero-order chi connectivity index (χ0) is 20.8. The fourth-order valence-corrected chi connectivity index (χ4v) is 5.47. The number of rotatable bonds is 16. The van der Waals surface area contributed by atoms with Crippen molar-refractivity contribution in [3.63, 3.8) is 0 Å². The minimum absolute atomic E-state index is 0.137. The third kappa shape index (κ3) is 9.62. The second kappa shape index (κ2) is 15.1. The molecule has 6 heteroatoms. The molecule has 0 bridgehead atoms. The lowest BCUT2D eigenvalue weighted by molar-refractivity contribution is -0.524. The van der Waals surface area contributed by atoms with Crippen LogP contribution in [0.25, 0.3) is 0 Å². The minimum Gasteiger partial charge on any atom is -0.299 e. The Labute approximate surface area is 178 Å². The second-order valence-corrected chi connectivity index (χ2v) is 9.27. The lowest BCUT2D eigenvalue weighted by atomic mass is 9.73. The van der Waals surface area contributed by atoms with Crippen molar-refractivity contribution in [2.75, 3.05) is 0 Å². The Morgan fingerprint density at radius 2 is 1.86 bits per heavy atom. The van der Waals surface area contributed by atoms with Crippen LogP contribution in [0.5, 0.6) is 0 Å². The smallest absolute Gasteiger partial charge is 0.213 e. The summed E-state index contributed by atoms with van der Waals surface area (Å²) in [6.45, 7) is 2.16. The average Bonchev–Trinajstić information content (AvgIpc) is 2.65. The molecule has 0 aliphatic heterocycles. The summed E-state index contributed by atoms with van der Waals surface area (Å²) in [5, 5.41) is 11.1. The van der Waals surface area contributed by atoms with Crippen LogP contribution >= 0.6 is 15.9 Å². The molecule has 0 aromatic rings. The molecule has 4 unspecified atom stereocenters. The highest BCUT2D eigenvalue weighted by atomic mass is 79.9. The fraction of sp³-hybridized carbons (Fsp3) is 0.864. The van der Waals surface area contributed by atoms with Crippen molar-refractivity contribution in [2.45, 2.75) is 108 Å². The van der Waals surface area contributed by atoms with Crippen LogP contribution in [0.4, 0.5) is 0 Å². The highest BCUT2D eigenvalue weighted by Crippen LogP contribution is 2.37. The molecule has 0 saturated heterocycles. The summed E-state index contributed by atoms with van der Waals surface area (Å²) in [7, 11) is 0. The molecule has 0 amide bonds. The third-order valence-electron chi connectivity index (χ3n) is 5.90. The van der Waals surface area contributed by atoms with Gasteiger partial charge in [-0.1, -0.05) is 55.0 Å². The van der Waals surface area contributed by atoms with E-state index in [1.165, 1.54) is 0 Å².